The number of benzene rings is 2. The van der Waals surface area contributed by atoms with E-state index in [-0.39, 0.29) is 11.5 Å². The van der Waals surface area contributed by atoms with Gasteiger partial charge in [0.1, 0.15) is 27.9 Å². The third-order valence-corrected chi connectivity index (χ3v) is 5.43. The van der Waals surface area contributed by atoms with Gasteiger partial charge in [-0.25, -0.2) is 9.78 Å². The Balaban J connectivity index is 1.73. The van der Waals surface area contributed by atoms with Crippen LogP contribution in [0.4, 0.5) is 0 Å². The number of carboxylic acids is 1. The van der Waals surface area contributed by atoms with Crippen molar-refractivity contribution in [2.45, 2.75) is 6.92 Å². The zero-order chi connectivity index (χ0) is 21.3. The number of hydrogen-bond donors (Lipinski definition) is 3. The van der Waals surface area contributed by atoms with Gasteiger partial charge in [-0.2, -0.15) is 0 Å². The fraction of sp³-hybridized carbons (Fsp3) is 0.0455. The van der Waals surface area contributed by atoms with Crippen LogP contribution in [0, 0.1) is 6.92 Å². The second-order valence-corrected chi connectivity index (χ2v) is 7.55. The fourth-order valence-corrected chi connectivity index (χ4v) is 4.02. The Kier molecular flexibility index (Phi) is 5.07. The smallest absolute Gasteiger partial charge is 0.328 e. The lowest BCUT2D eigenvalue weighted by Crippen LogP contribution is -2.01. The van der Waals surface area contributed by atoms with Gasteiger partial charge in [0.05, 0.1) is 6.20 Å². The van der Waals surface area contributed by atoms with Gasteiger partial charge in [0.25, 0.3) is 0 Å². The van der Waals surface area contributed by atoms with Gasteiger partial charge in [0.15, 0.2) is 5.75 Å². The quantitative estimate of drug-likeness (QED) is 0.306. The van der Waals surface area contributed by atoms with Crippen LogP contribution in [0.2, 0.25) is 0 Å². The molecular weight excluding hydrogens is 404 g/mol. The van der Waals surface area contributed by atoms with Crippen LogP contribution >= 0.6 is 11.3 Å². The predicted molar refractivity (Wildman–Crippen MR) is 113 cm³/mol. The molecule has 0 aliphatic rings. The van der Waals surface area contributed by atoms with Crippen LogP contribution in [0.25, 0.3) is 16.2 Å². The molecule has 3 N–H and O–H groups in total. The zero-order valence-electron chi connectivity index (χ0n) is 15.7. The molecule has 0 fully saturated rings. The first-order chi connectivity index (χ1) is 14.4. The van der Waals surface area contributed by atoms with Crippen molar-refractivity contribution in [1.29, 1.82) is 0 Å². The molecule has 0 radical (unpaired) electrons. The van der Waals surface area contributed by atoms with Crippen molar-refractivity contribution in [3.63, 3.8) is 0 Å². The van der Waals surface area contributed by atoms with Gasteiger partial charge in [-0.15, -0.1) is 11.3 Å². The number of aliphatic carboxylic acids is 1. The van der Waals surface area contributed by atoms with E-state index < -0.39 is 5.97 Å². The van der Waals surface area contributed by atoms with Crippen LogP contribution in [-0.2, 0) is 4.79 Å². The Morgan fingerprint density at radius 2 is 1.93 bits per heavy atom. The first-order valence-corrected chi connectivity index (χ1v) is 9.73. The van der Waals surface area contributed by atoms with Crippen molar-refractivity contribution in [2.75, 3.05) is 0 Å². The number of aromatic hydroxyl groups is 1. The molecule has 0 atom stereocenters. The van der Waals surface area contributed by atoms with E-state index in [1.165, 1.54) is 29.7 Å². The maximum Gasteiger partial charge on any atom is 0.328 e. The first-order valence-electron chi connectivity index (χ1n) is 8.91. The highest BCUT2D eigenvalue weighted by Crippen LogP contribution is 2.42. The molecule has 0 aliphatic carbocycles. The van der Waals surface area contributed by atoms with Crippen molar-refractivity contribution in [3.05, 3.63) is 76.7 Å². The summed E-state index contributed by atoms with van der Waals surface area (Å²) in [5, 5.41) is 19.2. The molecule has 0 unspecified atom stereocenters. The summed E-state index contributed by atoms with van der Waals surface area (Å²) < 4.78 is 6.78. The molecule has 150 valence electrons. The van der Waals surface area contributed by atoms with Gasteiger partial charge in [-0.1, -0.05) is 12.1 Å². The Hall–Kier alpha value is -3.91. The monoisotopic (exact) mass is 420 g/mol. The Morgan fingerprint density at radius 3 is 2.60 bits per heavy atom. The molecule has 4 rings (SSSR count). The molecule has 0 saturated heterocycles. The van der Waals surface area contributed by atoms with E-state index in [1.54, 1.807) is 43.3 Å². The molecule has 0 aliphatic heterocycles. The molecule has 0 bridgehead atoms. The van der Waals surface area contributed by atoms with E-state index in [4.69, 9.17) is 9.84 Å². The van der Waals surface area contributed by atoms with Gasteiger partial charge in [-0.05, 0) is 48.9 Å². The van der Waals surface area contributed by atoms with Crippen LogP contribution in [0.5, 0.6) is 17.2 Å². The summed E-state index contributed by atoms with van der Waals surface area (Å²) in [5.74, 6) is 0.324. The summed E-state index contributed by atoms with van der Waals surface area (Å²) in [6.07, 6.45) is 4.01. The number of aryl methyl sites for hydroxylation is 1. The summed E-state index contributed by atoms with van der Waals surface area (Å²) in [4.78, 5) is 31.1. The number of fused-ring (bicyclic) bond motifs is 1. The van der Waals surface area contributed by atoms with E-state index in [0.29, 0.717) is 43.5 Å². The van der Waals surface area contributed by atoms with Crippen LogP contribution in [0.3, 0.4) is 0 Å². The minimum absolute atomic E-state index is 0.0984. The summed E-state index contributed by atoms with van der Waals surface area (Å²) in [7, 11) is 0. The summed E-state index contributed by atoms with van der Waals surface area (Å²) >= 11 is 1.23. The maximum atomic E-state index is 13.1. The molecule has 7 nitrogen and oxygen atoms in total. The van der Waals surface area contributed by atoms with Gasteiger partial charge in [0.2, 0.25) is 5.78 Å². The number of hydrogen-bond acceptors (Lipinski definition) is 6. The number of nitrogens with one attached hydrogen (secondary N) is 1. The number of aromatic amines is 1. The molecule has 0 amide bonds. The van der Waals surface area contributed by atoms with E-state index in [1.807, 2.05) is 0 Å². The van der Waals surface area contributed by atoms with Gasteiger partial charge < -0.3 is 19.9 Å². The summed E-state index contributed by atoms with van der Waals surface area (Å²) in [6.45, 7) is 1.76. The number of ether oxygens (including phenoxy) is 1. The SMILES string of the molecule is Cc1ncc(C(=O)c2sc3cc(O)ccc3c2Oc2ccc(/C=C/C(=O)O)cc2)[nH]1. The molecule has 30 heavy (non-hydrogen) atoms. The molecular formula is C22H16N2O5S. The number of phenolic OH excluding ortho intramolecular Hbond substituents is 1. The van der Waals surface area contributed by atoms with E-state index in [9.17, 15) is 14.7 Å². The Labute approximate surface area is 174 Å². The van der Waals surface area contributed by atoms with Gasteiger partial charge in [0, 0.05) is 16.2 Å². The molecule has 2 heterocycles. The van der Waals surface area contributed by atoms with Crippen LogP contribution < -0.4 is 4.74 Å². The molecule has 8 heteroatoms. The average Bonchev–Trinajstić information content (AvgIpc) is 3.30. The van der Waals surface area contributed by atoms with Gasteiger partial charge in [-0.3, -0.25) is 4.79 Å². The lowest BCUT2D eigenvalue weighted by Gasteiger charge is -2.07. The highest BCUT2D eigenvalue weighted by atomic mass is 32.1. The first kappa shape index (κ1) is 19.4. The van der Waals surface area contributed by atoms with Crippen LogP contribution in [0.15, 0.2) is 54.7 Å². The average molecular weight is 420 g/mol. The van der Waals surface area contributed by atoms with E-state index in [0.717, 1.165) is 6.08 Å². The number of H-pyrrole nitrogens is 1. The van der Waals surface area contributed by atoms with Crippen LogP contribution in [-0.4, -0.2) is 31.9 Å². The number of carboxylic acid groups (broad SMARTS) is 1. The fourth-order valence-electron chi connectivity index (χ4n) is 2.90. The molecule has 0 saturated carbocycles. The normalized spacial score (nSPS) is 11.2. The number of aromatic nitrogens is 2. The van der Waals surface area contributed by atoms with Crippen LogP contribution in [0.1, 0.15) is 26.8 Å². The van der Waals surface area contributed by atoms with Crippen molar-refractivity contribution >= 4 is 39.3 Å². The van der Waals surface area contributed by atoms with Crippen molar-refractivity contribution < 1.29 is 24.5 Å². The third-order valence-electron chi connectivity index (χ3n) is 4.30. The zero-order valence-corrected chi connectivity index (χ0v) is 16.6. The molecule has 2 aromatic heterocycles. The van der Waals surface area contributed by atoms with E-state index >= 15 is 0 Å². The van der Waals surface area contributed by atoms with Crippen molar-refractivity contribution in [3.8, 4) is 17.2 Å². The Morgan fingerprint density at radius 1 is 1.17 bits per heavy atom. The number of carbonyl (C=O) groups is 2. The highest BCUT2D eigenvalue weighted by molar-refractivity contribution is 7.21. The number of thiophene rings is 1. The minimum atomic E-state index is -1.03. The molecule has 0 spiro atoms. The second-order valence-electron chi connectivity index (χ2n) is 6.49. The minimum Gasteiger partial charge on any atom is -0.508 e. The number of imidazole rings is 1. The van der Waals surface area contributed by atoms with E-state index in [2.05, 4.69) is 9.97 Å². The number of nitrogens with zero attached hydrogens (tertiary/aromatic N) is 1. The highest BCUT2D eigenvalue weighted by Gasteiger charge is 2.23. The topological polar surface area (TPSA) is 113 Å². The van der Waals surface area contributed by atoms with Crippen molar-refractivity contribution in [1.82, 2.24) is 9.97 Å². The van der Waals surface area contributed by atoms with Crippen molar-refractivity contribution in [2.24, 2.45) is 0 Å². The number of phenols is 1. The lowest BCUT2D eigenvalue weighted by molar-refractivity contribution is -0.131. The summed E-state index contributed by atoms with van der Waals surface area (Å²) in [6, 6.07) is 11.7. The number of rotatable bonds is 6. The lowest BCUT2D eigenvalue weighted by atomic mass is 10.1. The largest absolute Gasteiger partial charge is 0.508 e. The standard InChI is InChI=1S/C22H16N2O5S/c1-12-23-11-17(24-12)20(28)22-21(16-8-5-14(25)10-18(16)30-22)29-15-6-2-13(3-7-15)4-9-19(26)27/h2-11,25H,1H3,(H,23,24)(H,26,27)/b9-4+. The third kappa shape index (κ3) is 3.94. The number of carbonyl (C=O) groups excluding carboxylic acids is 1. The summed E-state index contributed by atoms with van der Waals surface area (Å²) in [5.41, 5.74) is 1.05. The second kappa shape index (κ2) is 7.84. The predicted octanol–water partition coefficient (Wildman–Crippen LogP) is 4.76. The number of ketones is 1. The molecule has 2 aromatic carbocycles. The van der Waals surface area contributed by atoms with Gasteiger partial charge >= 0.3 is 5.97 Å². The maximum absolute atomic E-state index is 13.1. The molecule has 4 aromatic rings. The Bertz CT molecular complexity index is 1280.